The van der Waals surface area contributed by atoms with Crippen LogP contribution in [-0.4, -0.2) is 18.0 Å². The van der Waals surface area contributed by atoms with E-state index in [0.717, 1.165) is 11.2 Å². The first-order valence-electron chi connectivity index (χ1n) is 6.36. The van der Waals surface area contributed by atoms with Crippen LogP contribution in [0, 0.1) is 0 Å². The summed E-state index contributed by atoms with van der Waals surface area (Å²) in [6.45, 7) is 2.28. The molecule has 3 nitrogen and oxygen atoms in total. The monoisotopic (exact) mass is 288 g/mol. The fraction of sp³-hybridized carbons (Fsp3) is 0.188. The van der Waals surface area contributed by atoms with Crippen LogP contribution in [0.5, 0.6) is 11.5 Å². The molecule has 0 aliphatic heterocycles. The van der Waals surface area contributed by atoms with Gasteiger partial charge < -0.3 is 9.84 Å². The Hall–Kier alpha value is -1.94. The summed E-state index contributed by atoms with van der Waals surface area (Å²) < 4.78 is 5.35. The van der Waals surface area contributed by atoms with Crippen molar-refractivity contribution in [2.24, 2.45) is 0 Å². The first-order valence-corrected chi connectivity index (χ1v) is 7.35. The van der Waals surface area contributed by atoms with Crippen LogP contribution in [0.4, 0.5) is 0 Å². The number of phenolic OH excluding ortho intramolecular Hbond substituents is 1. The number of hydrogen-bond acceptors (Lipinski definition) is 4. The molecule has 104 valence electrons. The Morgan fingerprint density at radius 3 is 2.65 bits per heavy atom. The van der Waals surface area contributed by atoms with E-state index < -0.39 is 0 Å². The first kappa shape index (κ1) is 14.5. The van der Waals surface area contributed by atoms with Gasteiger partial charge in [-0.1, -0.05) is 18.2 Å². The third-order valence-electron chi connectivity index (χ3n) is 2.75. The van der Waals surface area contributed by atoms with E-state index in [-0.39, 0.29) is 5.75 Å². The number of aldehydes is 1. The molecule has 0 atom stereocenters. The topological polar surface area (TPSA) is 46.5 Å². The molecule has 0 amide bonds. The van der Waals surface area contributed by atoms with Crippen LogP contribution in [0.15, 0.2) is 47.4 Å². The Bertz CT molecular complexity index is 582. The Labute approximate surface area is 122 Å². The standard InChI is InChI=1S/C16H16O3S/c1-2-19-15-9-12(10-17)8-13(16(15)18)11-20-14-6-4-3-5-7-14/h3-10,18H,2,11H2,1H3. The van der Waals surface area contributed by atoms with Crippen molar-refractivity contribution in [3.8, 4) is 11.5 Å². The average molecular weight is 288 g/mol. The number of phenols is 1. The number of thioether (sulfide) groups is 1. The molecule has 20 heavy (non-hydrogen) atoms. The van der Waals surface area contributed by atoms with Gasteiger partial charge in [-0.25, -0.2) is 0 Å². The second-order valence-corrected chi connectivity index (χ2v) is 5.23. The van der Waals surface area contributed by atoms with Gasteiger partial charge in [0.15, 0.2) is 11.5 Å². The second kappa shape index (κ2) is 7.01. The highest BCUT2D eigenvalue weighted by atomic mass is 32.2. The number of rotatable bonds is 6. The quantitative estimate of drug-likeness (QED) is 0.647. The normalized spacial score (nSPS) is 10.2. The lowest BCUT2D eigenvalue weighted by Crippen LogP contribution is -1.96. The SMILES string of the molecule is CCOc1cc(C=O)cc(CSc2ccccc2)c1O. The number of ether oxygens (including phenoxy) is 1. The predicted molar refractivity (Wildman–Crippen MR) is 80.7 cm³/mol. The molecule has 0 spiro atoms. The maximum absolute atomic E-state index is 11.0. The van der Waals surface area contributed by atoms with E-state index in [1.165, 1.54) is 0 Å². The van der Waals surface area contributed by atoms with Gasteiger partial charge in [0.1, 0.15) is 6.29 Å². The van der Waals surface area contributed by atoms with Gasteiger partial charge in [-0.2, -0.15) is 0 Å². The van der Waals surface area contributed by atoms with Gasteiger partial charge >= 0.3 is 0 Å². The van der Waals surface area contributed by atoms with E-state index in [1.807, 2.05) is 37.3 Å². The lowest BCUT2D eigenvalue weighted by molar-refractivity contribution is 0.112. The molecule has 0 fully saturated rings. The molecule has 0 saturated heterocycles. The van der Waals surface area contributed by atoms with E-state index >= 15 is 0 Å². The lowest BCUT2D eigenvalue weighted by atomic mass is 10.1. The lowest BCUT2D eigenvalue weighted by Gasteiger charge is -2.11. The van der Waals surface area contributed by atoms with Crippen molar-refractivity contribution in [3.63, 3.8) is 0 Å². The zero-order valence-corrected chi connectivity index (χ0v) is 12.0. The Morgan fingerprint density at radius 2 is 2.00 bits per heavy atom. The van der Waals surface area contributed by atoms with Crippen molar-refractivity contribution < 1.29 is 14.6 Å². The minimum Gasteiger partial charge on any atom is -0.504 e. The maximum Gasteiger partial charge on any atom is 0.161 e. The van der Waals surface area contributed by atoms with Crippen molar-refractivity contribution in [1.82, 2.24) is 0 Å². The molecular weight excluding hydrogens is 272 g/mol. The minimum atomic E-state index is 0.112. The maximum atomic E-state index is 11.0. The van der Waals surface area contributed by atoms with E-state index in [4.69, 9.17) is 4.74 Å². The van der Waals surface area contributed by atoms with Gasteiger partial charge in [-0.05, 0) is 31.2 Å². The number of aromatic hydroxyl groups is 1. The third kappa shape index (κ3) is 3.54. The third-order valence-corrected chi connectivity index (χ3v) is 3.81. The van der Waals surface area contributed by atoms with Gasteiger partial charge in [0.25, 0.3) is 0 Å². The van der Waals surface area contributed by atoms with E-state index in [9.17, 15) is 9.90 Å². The van der Waals surface area contributed by atoms with E-state index in [1.54, 1.807) is 23.9 Å². The van der Waals surface area contributed by atoms with Crippen molar-refractivity contribution in [3.05, 3.63) is 53.6 Å². The number of hydrogen-bond donors (Lipinski definition) is 1. The van der Waals surface area contributed by atoms with Gasteiger partial charge in [0, 0.05) is 21.8 Å². The molecule has 0 aliphatic carbocycles. The molecule has 0 unspecified atom stereocenters. The Balaban J connectivity index is 2.21. The molecule has 1 N–H and O–H groups in total. The second-order valence-electron chi connectivity index (χ2n) is 4.18. The molecule has 2 aromatic carbocycles. The van der Waals surface area contributed by atoms with Crippen molar-refractivity contribution in [2.45, 2.75) is 17.6 Å². The summed E-state index contributed by atoms with van der Waals surface area (Å²) in [5.74, 6) is 1.05. The zero-order chi connectivity index (χ0) is 14.4. The fourth-order valence-corrected chi connectivity index (χ4v) is 2.70. The minimum absolute atomic E-state index is 0.112. The smallest absolute Gasteiger partial charge is 0.161 e. The molecular formula is C16H16O3S. The zero-order valence-electron chi connectivity index (χ0n) is 11.2. The summed E-state index contributed by atoms with van der Waals surface area (Å²) in [6, 6.07) is 13.2. The first-order chi connectivity index (χ1) is 9.74. The van der Waals surface area contributed by atoms with Crippen LogP contribution in [0.25, 0.3) is 0 Å². The summed E-state index contributed by atoms with van der Waals surface area (Å²) in [5.41, 5.74) is 1.21. The molecule has 0 radical (unpaired) electrons. The molecule has 0 heterocycles. The highest BCUT2D eigenvalue weighted by Gasteiger charge is 2.11. The van der Waals surface area contributed by atoms with Gasteiger partial charge in [0.2, 0.25) is 0 Å². The highest BCUT2D eigenvalue weighted by molar-refractivity contribution is 7.98. The Kier molecular flexibility index (Phi) is 5.07. The number of carbonyl (C=O) groups excluding carboxylic acids is 1. The van der Waals surface area contributed by atoms with Crippen LogP contribution < -0.4 is 4.74 Å². The van der Waals surface area contributed by atoms with Crippen LogP contribution in [-0.2, 0) is 5.75 Å². The fourth-order valence-electron chi connectivity index (χ4n) is 1.81. The van der Waals surface area contributed by atoms with Crippen LogP contribution in [0.2, 0.25) is 0 Å². The van der Waals surface area contributed by atoms with E-state index in [2.05, 4.69) is 0 Å². The van der Waals surface area contributed by atoms with Crippen molar-refractivity contribution >= 4 is 18.0 Å². The highest BCUT2D eigenvalue weighted by Crippen LogP contribution is 2.35. The van der Waals surface area contributed by atoms with Crippen LogP contribution in [0.1, 0.15) is 22.8 Å². The summed E-state index contributed by atoms with van der Waals surface area (Å²) in [5, 5.41) is 10.2. The largest absolute Gasteiger partial charge is 0.504 e. The molecule has 0 saturated carbocycles. The molecule has 0 aliphatic rings. The van der Waals surface area contributed by atoms with Crippen LogP contribution in [0.3, 0.4) is 0 Å². The van der Waals surface area contributed by atoms with Gasteiger partial charge in [-0.15, -0.1) is 11.8 Å². The summed E-state index contributed by atoms with van der Waals surface area (Å²) in [6.07, 6.45) is 0.763. The molecule has 0 aromatic heterocycles. The van der Waals surface area contributed by atoms with Gasteiger partial charge in [0.05, 0.1) is 6.61 Å². The van der Waals surface area contributed by atoms with Gasteiger partial charge in [-0.3, -0.25) is 4.79 Å². The summed E-state index contributed by atoms with van der Waals surface area (Å²) in [7, 11) is 0. The molecule has 2 rings (SSSR count). The predicted octanol–water partition coefficient (Wildman–Crippen LogP) is 3.90. The number of benzene rings is 2. The summed E-state index contributed by atoms with van der Waals surface area (Å²) in [4.78, 5) is 12.1. The van der Waals surface area contributed by atoms with Crippen LogP contribution >= 0.6 is 11.8 Å². The van der Waals surface area contributed by atoms with Crippen molar-refractivity contribution in [2.75, 3.05) is 6.61 Å². The number of carbonyl (C=O) groups is 1. The van der Waals surface area contributed by atoms with Crippen molar-refractivity contribution in [1.29, 1.82) is 0 Å². The molecule has 0 bridgehead atoms. The average Bonchev–Trinajstić information content (AvgIpc) is 2.49. The summed E-state index contributed by atoms with van der Waals surface area (Å²) >= 11 is 1.60. The van der Waals surface area contributed by atoms with E-state index in [0.29, 0.717) is 29.2 Å². The molecule has 4 heteroatoms. The Morgan fingerprint density at radius 1 is 1.25 bits per heavy atom. The molecule has 2 aromatic rings.